The van der Waals surface area contributed by atoms with E-state index < -0.39 is 11.7 Å². The summed E-state index contributed by atoms with van der Waals surface area (Å²) in [6, 6.07) is 11.5. The van der Waals surface area contributed by atoms with Crippen molar-refractivity contribution in [2.24, 2.45) is 4.99 Å². The summed E-state index contributed by atoms with van der Waals surface area (Å²) in [7, 11) is 0. The van der Waals surface area contributed by atoms with Gasteiger partial charge in [0.05, 0.1) is 25.4 Å². The van der Waals surface area contributed by atoms with Crippen molar-refractivity contribution in [2.45, 2.75) is 38.6 Å². The first-order valence-electron chi connectivity index (χ1n) is 10.2. The van der Waals surface area contributed by atoms with Gasteiger partial charge in [0.25, 0.3) is 5.91 Å². The molecule has 1 heterocycles. The van der Waals surface area contributed by atoms with Crippen LogP contribution in [0.3, 0.4) is 0 Å². The van der Waals surface area contributed by atoms with Crippen molar-refractivity contribution in [2.75, 3.05) is 13.2 Å². The lowest BCUT2D eigenvalue weighted by atomic mass is 10.0. The third-order valence-corrected chi connectivity index (χ3v) is 4.64. The van der Waals surface area contributed by atoms with Gasteiger partial charge in [0.15, 0.2) is 5.96 Å². The van der Waals surface area contributed by atoms with E-state index >= 15 is 0 Å². The number of hydrazine groups is 1. The van der Waals surface area contributed by atoms with Crippen molar-refractivity contribution < 1.29 is 18.3 Å². The second kappa shape index (κ2) is 10.9. The smallest absolute Gasteiger partial charge is 0.257 e. The third kappa shape index (κ3) is 7.09. The lowest BCUT2D eigenvalue weighted by Crippen LogP contribution is -2.50. The quantitative estimate of drug-likeness (QED) is 0.308. The van der Waals surface area contributed by atoms with Gasteiger partial charge in [0, 0.05) is 18.0 Å². The molecule has 1 fully saturated rings. The Labute approximate surface area is 180 Å². The van der Waals surface area contributed by atoms with Crippen molar-refractivity contribution in [3.8, 4) is 0 Å². The van der Waals surface area contributed by atoms with Gasteiger partial charge in [-0.25, -0.2) is 19.6 Å². The number of hydrogen-bond donors (Lipinski definition) is 4. The minimum absolute atomic E-state index is 0.0311. The molecular weight excluding hydrogens is 404 g/mol. The van der Waals surface area contributed by atoms with Crippen LogP contribution in [0.1, 0.15) is 42.2 Å². The molecule has 166 valence electrons. The Balaban J connectivity index is 1.63. The molecule has 9 heteroatoms. The number of nitrogens with zero attached hydrogens (tertiary/aromatic N) is 1. The normalized spacial score (nSPS) is 18.9. The van der Waals surface area contributed by atoms with E-state index in [4.69, 9.17) is 4.74 Å². The van der Waals surface area contributed by atoms with Crippen LogP contribution in [0, 0.1) is 11.6 Å². The molecule has 0 radical (unpaired) electrons. The molecule has 7 nitrogen and oxygen atoms in total. The monoisotopic (exact) mass is 431 g/mol. The highest BCUT2D eigenvalue weighted by molar-refractivity contribution is 6.05. The van der Waals surface area contributed by atoms with Crippen LogP contribution in [0.2, 0.25) is 0 Å². The van der Waals surface area contributed by atoms with Crippen LogP contribution in [0.25, 0.3) is 0 Å². The Morgan fingerprint density at radius 3 is 2.39 bits per heavy atom. The van der Waals surface area contributed by atoms with E-state index in [1.807, 2.05) is 13.8 Å². The predicted octanol–water partition coefficient (Wildman–Crippen LogP) is 2.63. The van der Waals surface area contributed by atoms with Gasteiger partial charge in [0.1, 0.15) is 11.6 Å². The first kappa shape index (κ1) is 22.8. The van der Waals surface area contributed by atoms with Crippen LogP contribution < -0.4 is 21.5 Å². The van der Waals surface area contributed by atoms with Crippen molar-refractivity contribution >= 4 is 11.9 Å². The van der Waals surface area contributed by atoms with Crippen molar-refractivity contribution in [3.63, 3.8) is 0 Å². The van der Waals surface area contributed by atoms with Gasteiger partial charge in [-0.05, 0) is 55.8 Å². The molecule has 0 aromatic heterocycles. The van der Waals surface area contributed by atoms with E-state index in [0.29, 0.717) is 25.1 Å². The molecule has 2 unspecified atom stereocenters. The number of rotatable bonds is 7. The average molecular weight is 431 g/mol. The number of guanidine groups is 1. The highest BCUT2D eigenvalue weighted by atomic mass is 19.1. The SMILES string of the molecule is CC(C)OCCN=C(NC(=O)c1ccc(F)cc1)NC1CC(c2ccc(F)cc2)NN1. The molecule has 1 saturated heterocycles. The van der Waals surface area contributed by atoms with Gasteiger partial charge in [-0.15, -0.1) is 0 Å². The number of ether oxygens (including phenoxy) is 1. The molecule has 2 aromatic carbocycles. The van der Waals surface area contributed by atoms with Crippen LogP contribution in [0.5, 0.6) is 0 Å². The summed E-state index contributed by atoms with van der Waals surface area (Å²) >= 11 is 0. The molecule has 3 rings (SSSR count). The summed E-state index contributed by atoms with van der Waals surface area (Å²) < 4.78 is 31.8. The van der Waals surface area contributed by atoms with Crippen molar-refractivity contribution in [1.29, 1.82) is 0 Å². The fourth-order valence-electron chi connectivity index (χ4n) is 3.08. The molecule has 2 aromatic rings. The van der Waals surface area contributed by atoms with Crippen LogP contribution in [-0.4, -0.2) is 37.3 Å². The highest BCUT2D eigenvalue weighted by Gasteiger charge is 2.26. The molecule has 2 atom stereocenters. The molecule has 0 bridgehead atoms. The zero-order valence-electron chi connectivity index (χ0n) is 17.5. The molecule has 31 heavy (non-hydrogen) atoms. The Kier molecular flexibility index (Phi) is 8.05. The predicted molar refractivity (Wildman–Crippen MR) is 114 cm³/mol. The number of aliphatic imine (C=N–C) groups is 1. The zero-order chi connectivity index (χ0) is 22.2. The first-order chi connectivity index (χ1) is 14.9. The average Bonchev–Trinajstić information content (AvgIpc) is 3.20. The van der Waals surface area contributed by atoms with E-state index in [0.717, 1.165) is 5.56 Å². The van der Waals surface area contributed by atoms with Crippen LogP contribution in [-0.2, 0) is 4.74 Å². The fourth-order valence-corrected chi connectivity index (χ4v) is 3.08. The number of nitrogens with one attached hydrogen (secondary N) is 4. The number of hydrogen-bond acceptors (Lipinski definition) is 5. The molecule has 0 spiro atoms. The van der Waals surface area contributed by atoms with E-state index in [1.165, 1.54) is 36.4 Å². The lowest BCUT2D eigenvalue weighted by Gasteiger charge is -2.17. The maximum Gasteiger partial charge on any atom is 0.257 e. The first-order valence-corrected chi connectivity index (χ1v) is 10.2. The van der Waals surface area contributed by atoms with E-state index in [-0.39, 0.29) is 30.1 Å². The van der Waals surface area contributed by atoms with Crippen molar-refractivity contribution in [1.82, 2.24) is 21.5 Å². The summed E-state index contributed by atoms with van der Waals surface area (Å²) in [5, 5.41) is 5.90. The summed E-state index contributed by atoms with van der Waals surface area (Å²) in [4.78, 5) is 17.0. The molecule has 1 amide bonds. The maximum absolute atomic E-state index is 13.2. The number of amides is 1. The topological polar surface area (TPSA) is 86.8 Å². The van der Waals surface area contributed by atoms with Crippen molar-refractivity contribution in [3.05, 3.63) is 71.3 Å². The number of carbonyl (C=O) groups is 1. The number of halogens is 2. The van der Waals surface area contributed by atoms with E-state index in [2.05, 4.69) is 26.5 Å². The Morgan fingerprint density at radius 2 is 1.74 bits per heavy atom. The Hall–Kier alpha value is -2.88. The van der Waals surface area contributed by atoms with Gasteiger partial charge in [0.2, 0.25) is 0 Å². The van der Waals surface area contributed by atoms with Gasteiger partial charge < -0.3 is 10.1 Å². The van der Waals surface area contributed by atoms with Crippen LogP contribution in [0.15, 0.2) is 53.5 Å². The largest absolute Gasteiger partial charge is 0.377 e. The molecule has 1 aliphatic heterocycles. The molecule has 4 N–H and O–H groups in total. The van der Waals surface area contributed by atoms with Gasteiger partial charge in [-0.2, -0.15) is 0 Å². The van der Waals surface area contributed by atoms with Gasteiger partial charge in [-0.3, -0.25) is 15.1 Å². The lowest BCUT2D eigenvalue weighted by molar-refractivity contribution is 0.0851. The molecule has 0 aliphatic carbocycles. The second-order valence-electron chi connectivity index (χ2n) is 7.44. The third-order valence-electron chi connectivity index (χ3n) is 4.64. The summed E-state index contributed by atoms with van der Waals surface area (Å²) in [5.74, 6) is -0.828. The summed E-state index contributed by atoms with van der Waals surface area (Å²) in [6.45, 7) is 4.63. The Morgan fingerprint density at radius 1 is 1.10 bits per heavy atom. The second-order valence-corrected chi connectivity index (χ2v) is 7.44. The minimum Gasteiger partial charge on any atom is -0.377 e. The molecule has 1 aliphatic rings. The minimum atomic E-state index is -0.414. The van der Waals surface area contributed by atoms with Crippen LogP contribution in [0.4, 0.5) is 8.78 Å². The van der Waals surface area contributed by atoms with Crippen LogP contribution >= 0.6 is 0 Å². The zero-order valence-corrected chi connectivity index (χ0v) is 17.5. The van der Waals surface area contributed by atoms with E-state index in [1.54, 1.807) is 12.1 Å². The van der Waals surface area contributed by atoms with E-state index in [9.17, 15) is 13.6 Å². The molecule has 0 saturated carbocycles. The van der Waals surface area contributed by atoms with Gasteiger partial charge in [-0.1, -0.05) is 12.1 Å². The Bertz CT molecular complexity index is 888. The highest BCUT2D eigenvalue weighted by Crippen LogP contribution is 2.21. The molecular formula is C22H27F2N5O2. The summed E-state index contributed by atoms with van der Waals surface area (Å²) in [5.41, 5.74) is 7.52. The fraction of sp³-hybridized carbons (Fsp3) is 0.364. The standard InChI is InChI=1S/C22H27F2N5O2/c1-14(2)31-12-11-25-22(27-21(30)16-5-9-18(24)10-6-16)26-20-13-19(28-29-20)15-3-7-17(23)8-4-15/h3-10,14,19-20,28-29H,11-13H2,1-2H3,(H2,25,26,27,30). The maximum atomic E-state index is 13.2. The number of benzene rings is 2. The number of carbonyl (C=O) groups excluding carboxylic acids is 1. The van der Waals surface area contributed by atoms with Gasteiger partial charge >= 0.3 is 0 Å². The summed E-state index contributed by atoms with van der Waals surface area (Å²) in [6.07, 6.45) is 0.491.